The average Bonchev–Trinajstić information content (AvgIpc) is 2.00. The van der Waals surface area contributed by atoms with Crippen molar-refractivity contribution < 1.29 is 15.0 Å². The Bertz CT molecular complexity index is 157. The molecule has 0 amide bonds. The van der Waals surface area contributed by atoms with Crippen molar-refractivity contribution in [2.24, 2.45) is 5.41 Å². The van der Waals surface area contributed by atoms with Crippen LogP contribution in [-0.2, 0) is 4.79 Å². The van der Waals surface area contributed by atoms with E-state index in [1.165, 1.54) is 0 Å². The summed E-state index contributed by atoms with van der Waals surface area (Å²) in [6.45, 7) is 4.97. The van der Waals surface area contributed by atoms with E-state index in [-0.39, 0.29) is 18.6 Å². The minimum atomic E-state index is -0.835. The first kappa shape index (κ1) is 12.4. The van der Waals surface area contributed by atoms with E-state index in [2.05, 4.69) is 19.2 Å². The van der Waals surface area contributed by atoms with Gasteiger partial charge in [0.2, 0.25) is 0 Å². The van der Waals surface area contributed by atoms with Gasteiger partial charge >= 0.3 is 5.97 Å². The zero-order chi connectivity index (χ0) is 10.3. The Kier molecular flexibility index (Phi) is 5.66. The predicted octanol–water partition coefficient (Wildman–Crippen LogP) is 0.459. The number of carboxylic acid groups (broad SMARTS) is 1. The first-order valence-corrected chi connectivity index (χ1v) is 4.51. The fraction of sp³-hybridized carbons (Fsp3) is 0.889. The molecule has 0 aliphatic heterocycles. The van der Waals surface area contributed by atoms with Gasteiger partial charge < -0.3 is 15.5 Å². The van der Waals surface area contributed by atoms with Crippen LogP contribution in [0.3, 0.4) is 0 Å². The standard InChI is InChI=1S/C9H19NO3/c1-9(2,4-3-5-11)7-10-6-8(12)13/h10-11H,3-7H2,1-2H3,(H,12,13). The number of carbonyl (C=O) groups is 1. The Labute approximate surface area is 79.0 Å². The molecule has 0 aliphatic carbocycles. The normalized spacial score (nSPS) is 11.6. The third-order valence-electron chi connectivity index (χ3n) is 1.89. The van der Waals surface area contributed by atoms with Gasteiger partial charge in [0.25, 0.3) is 0 Å². The lowest BCUT2D eigenvalue weighted by Gasteiger charge is -2.24. The number of aliphatic hydroxyl groups excluding tert-OH is 1. The lowest BCUT2D eigenvalue weighted by molar-refractivity contribution is -0.136. The molecule has 0 saturated heterocycles. The molecular weight excluding hydrogens is 170 g/mol. The minimum Gasteiger partial charge on any atom is -0.480 e. The lowest BCUT2D eigenvalue weighted by atomic mass is 9.88. The maximum absolute atomic E-state index is 10.2. The molecule has 0 fully saturated rings. The molecule has 4 heteroatoms. The van der Waals surface area contributed by atoms with Gasteiger partial charge in [-0.05, 0) is 18.3 Å². The summed E-state index contributed by atoms with van der Waals surface area (Å²) in [4.78, 5) is 10.2. The number of hydrogen-bond donors (Lipinski definition) is 3. The molecule has 0 spiro atoms. The van der Waals surface area contributed by atoms with E-state index >= 15 is 0 Å². The van der Waals surface area contributed by atoms with Gasteiger partial charge in [-0.1, -0.05) is 13.8 Å². The van der Waals surface area contributed by atoms with Crippen LogP contribution in [0.5, 0.6) is 0 Å². The molecule has 0 radical (unpaired) electrons. The van der Waals surface area contributed by atoms with Gasteiger partial charge in [-0.15, -0.1) is 0 Å². The van der Waals surface area contributed by atoms with Crippen LogP contribution in [-0.4, -0.2) is 35.9 Å². The Balaban J connectivity index is 3.56. The van der Waals surface area contributed by atoms with E-state index in [9.17, 15) is 4.79 Å². The number of nitrogens with one attached hydrogen (secondary N) is 1. The summed E-state index contributed by atoms with van der Waals surface area (Å²) in [5.41, 5.74) is 0.0537. The average molecular weight is 189 g/mol. The van der Waals surface area contributed by atoms with Crippen molar-refractivity contribution >= 4 is 5.97 Å². The summed E-state index contributed by atoms with van der Waals surface area (Å²) in [5.74, 6) is -0.835. The third kappa shape index (κ3) is 7.74. The molecule has 0 bridgehead atoms. The molecular formula is C9H19NO3. The second-order valence-corrected chi connectivity index (χ2v) is 3.99. The number of rotatable bonds is 7. The summed E-state index contributed by atoms with van der Waals surface area (Å²) in [6, 6.07) is 0. The van der Waals surface area contributed by atoms with Crippen molar-refractivity contribution in [2.75, 3.05) is 19.7 Å². The molecule has 0 aromatic heterocycles. The second-order valence-electron chi connectivity index (χ2n) is 3.99. The number of hydrogen-bond acceptors (Lipinski definition) is 3. The number of aliphatic hydroxyl groups is 1. The summed E-state index contributed by atoms with van der Waals surface area (Å²) >= 11 is 0. The van der Waals surface area contributed by atoms with Gasteiger partial charge in [0.15, 0.2) is 0 Å². The molecule has 0 aliphatic rings. The van der Waals surface area contributed by atoms with Crippen LogP contribution in [0.2, 0.25) is 0 Å². The van der Waals surface area contributed by atoms with Crippen molar-refractivity contribution in [3.8, 4) is 0 Å². The fourth-order valence-electron chi connectivity index (χ4n) is 1.15. The van der Waals surface area contributed by atoms with E-state index in [0.29, 0.717) is 6.54 Å². The van der Waals surface area contributed by atoms with Gasteiger partial charge in [0, 0.05) is 13.2 Å². The van der Waals surface area contributed by atoms with Crippen molar-refractivity contribution in [1.29, 1.82) is 0 Å². The quantitative estimate of drug-likeness (QED) is 0.544. The van der Waals surface area contributed by atoms with Crippen molar-refractivity contribution in [3.05, 3.63) is 0 Å². The Hall–Kier alpha value is -0.610. The van der Waals surface area contributed by atoms with Crippen LogP contribution in [0.25, 0.3) is 0 Å². The number of aliphatic carboxylic acids is 1. The summed E-state index contributed by atoms with van der Waals surface area (Å²) < 4.78 is 0. The van der Waals surface area contributed by atoms with Crippen LogP contribution in [0.15, 0.2) is 0 Å². The maximum atomic E-state index is 10.2. The Morgan fingerprint density at radius 3 is 2.54 bits per heavy atom. The molecule has 4 nitrogen and oxygen atoms in total. The highest BCUT2D eigenvalue weighted by atomic mass is 16.4. The monoisotopic (exact) mass is 189 g/mol. The van der Waals surface area contributed by atoms with Crippen LogP contribution in [0, 0.1) is 5.41 Å². The molecule has 0 rings (SSSR count). The first-order valence-electron chi connectivity index (χ1n) is 4.51. The molecule has 3 N–H and O–H groups in total. The molecule has 78 valence electrons. The van der Waals surface area contributed by atoms with Gasteiger partial charge in [0.1, 0.15) is 0 Å². The second kappa shape index (κ2) is 5.94. The van der Waals surface area contributed by atoms with Crippen molar-refractivity contribution in [2.45, 2.75) is 26.7 Å². The molecule has 0 unspecified atom stereocenters. The lowest BCUT2D eigenvalue weighted by Crippen LogP contribution is -2.33. The molecule has 0 saturated carbocycles. The molecule has 0 aromatic carbocycles. The summed E-state index contributed by atoms with van der Waals surface area (Å²) in [7, 11) is 0. The van der Waals surface area contributed by atoms with Crippen molar-refractivity contribution in [1.82, 2.24) is 5.32 Å². The van der Waals surface area contributed by atoms with Gasteiger partial charge in [-0.25, -0.2) is 0 Å². The van der Waals surface area contributed by atoms with E-state index in [1.807, 2.05) is 0 Å². The predicted molar refractivity (Wildman–Crippen MR) is 50.6 cm³/mol. The van der Waals surface area contributed by atoms with Crippen LogP contribution in [0.4, 0.5) is 0 Å². The fourth-order valence-corrected chi connectivity index (χ4v) is 1.15. The maximum Gasteiger partial charge on any atom is 0.317 e. The van der Waals surface area contributed by atoms with E-state index < -0.39 is 5.97 Å². The van der Waals surface area contributed by atoms with Gasteiger partial charge in [0.05, 0.1) is 6.54 Å². The highest BCUT2D eigenvalue weighted by Crippen LogP contribution is 2.20. The summed E-state index contributed by atoms with van der Waals surface area (Å²) in [6.07, 6.45) is 1.66. The van der Waals surface area contributed by atoms with Crippen molar-refractivity contribution in [3.63, 3.8) is 0 Å². The van der Waals surface area contributed by atoms with Gasteiger partial charge in [-0.3, -0.25) is 4.79 Å². The zero-order valence-electron chi connectivity index (χ0n) is 8.34. The van der Waals surface area contributed by atoms with Crippen LogP contribution in [0.1, 0.15) is 26.7 Å². The third-order valence-corrected chi connectivity index (χ3v) is 1.89. The largest absolute Gasteiger partial charge is 0.480 e. The highest BCUT2D eigenvalue weighted by molar-refractivity contribution is 5.68. The Morgan fingerprint density at radius 2 is 2.08 bits per heavy atom. The highest BCUT2D eigenvalue weighted by Gasteiger charge is 2.16. The molecule has 0 aromatic rings. The minimum absolute atomic E-state index is 0.00253. The van der Waals surface area contributed by atoms with E-state index in [0.717, 1.165) is 12.8 Å². The van der Waals surface area contributed by atoms with Crippen LogP contribution < -0.4 is 5.32 Å². The molecule has 13 heavy (non-hydrogen) atoms. The number of carboxylic acids is 1. The topological polar surface area (TPSA) is 69.6 Å². The van der Waals surface area contributed by atoms with E-state index in [1.54, 1.807) is 0 Å². The zero-order valence-corrected chi connectivity index (χ0v) is 8.34. The Morgan fingerprint density at radius 1 is 1.46 bits per heavy atom. The first-order chi connectivity index (χ1) is 5.98. The van der Waals surface area contributed by atoms with E-state index in [4.69, 9.17) is 10.2 Å². The summed E-state index contributed by atoms with van der Waals surface area (Å²) in [5, 5.41) is 19.9. The smallest absolute Gasteiger partial charge is 0.317 e. The van der Waals surface area contributed by atoms with Crippen LogP contribution >= 0.6 is 0 Å². The molecule has 0 heterocycles. The SMILES string of the molecule is CC(C)(CCCO)CNCC(=O)O. The van der Waals surface area contributed by atoms with Gasteiger partial charge in [-0.2, -0.15) is 0 Å². The molecule has 0 atom stereocenters.